The molecule has 4 nitrogen and oxygen atoms in total. The van der Waals surface area contributed by atoms with Gasteiger partial charge < -0.3 is 4.74 Å². The first-order valence-corrected chi connectivity index (χ1v) is 7.59. The number of alkyl halides is 13. The monoisotopic (exact) mass is 494 g/mol. The lowest BCUT2D eigenvalue weighted by Gasteiger charge is -2.45. The highest BCUT2D eigenvalue weighted by Gasteiger charge is 2.78. The molecule has 17 heteroatoms. The van der Waals surface area contributed by atoms with Gasteiger partial charge in [0.1, 0.15) is 0 Å². The number of carbonyl (C=O) groups excluding carboxylic acids is 1. The number of halogens is 13. The Bertz CT molecular complexity index is 665. The zero-order valence-electron chi connectivity index (χ0n) is 16.0. The summed E-state index contributed by atoms with van der Waals surface area (Å²) in [5, 5.41) is 0. The minimum absolute atomic E-state index is 0.202. The van der Waals surface area contributed by atoms with Crippen LogP contribution in [0.5, 0.6) is 0 Å². The predicted molar refractivity (Wildman–Crippen MR) is 72.8 cm³/mol. The Morgan fingerprint density at radius 2 is 0.968 bits per heavy atom. The van der Waals surface area contributed by atoms with Crippen molar-refractivity contribution in [1.82, 2.24) is 0 Å². The Morgan fingerprint density at radius 3 is 1.23 bits per heavy atom. The number of carbonyl (C=O) groups is 1. The summed E-state index contributed by atoms with van der Waals surface area (Å²) in [5.41, 5.74) is -15.2. The maximum absolute atomic E-state index is 14.3. The molecule has 0 bridgehead atoms. The van der Waals surface area contributed by atoms with Crippen molar-refractivity contribution in [2.24, 2.45) is 5.41 Å². The van der Waals surface area contributed by atoms with Gasteiger partial charge in [-0.25, -0.2) is 4.79 Å². The molecule has 0 aromatic rings. The number of hydrogen-bond acceptors (Lipinski definition) is 4. The molecule has 2 unspecified atom stereocenters. The molecular formula is C14H15F13O4. The Hall–Kier alpha value is -1.52. The van der Waals surface area contributed by atoms with Crippen molar-refractivity contribution in [1.29, 1.82) is 0 Å². The predicted octanol–water partition coefficient (Wildman–Crippen LogP) is 5.61. The van der Waals surface area contributed by atoms with Crippen LogP contribution in [-0.2, 0) is 19.0 Å². The standard InChI is InChI=1S/C14H15F13O4/c1-7(2,10(15,16)17)13(24,25)31-9(4,12(21,22)23)14(26,27)30-8(3,6(28)29-5)11(18,19)20/h1-5H3. The van der Waals surface area contributed by atoms with Gasteiger partial charge in [0, 0.05) is 0 Å². The molecule has 0 saturated carbocycles. The van der Waals surface area contributed by atoms with E-state index in [1.165, 1.54) is 0 Å². The van der Waals surface area contributed by atoms with E-state index >= 15 is 0 Å². The van der Waals surface area contributed by atoms with Crippen molar-refractivity contribution in [3.05, 3.63) is 0 Å². The average molecular weight is 494 g/mol. The molecule has 2 atom stereocenters. The van der Waals surface area contributed by atoms with Crippen molar-refractivity contribution < 1.29 is 76.1 Å². The van der Waals surface area contributed by atoms with E-state index in [1.807, 2.05) is 0 Å². The lowest BCUT2D eigenvalue weighted by molar-refractivity contribution is -0.498. The minimum atomic E-state index is -6.75. The molecule has 0 aromatic carbocycles. The van der Waals surface area contributed by atoms with Crippen LogP contribution < -0.4 is 0 Å². The van der Waals surface area contributed by atoms with Gasteiger partial charge in [0.15, 0.2) is 5.41 Å². The van der Waals surface area contributed by atoms with Crippen molar-refractivity contribution in [2.75, 3.05) is 7.11 Å². The summed E-state index contributed by atoms with van der Waals surface area (Å²) in [5.74, 6) is -2.72. The SMILES string of the molecule is COC(=O)C(C)(OC(F)(F)C(C)(OC(F)(F)C(C)(C)C(F)(F)F)C(F)(F)F)C(F)(F)F. The van der Waals surface area contributed by atoms with Crippen LogP contribution in [0.3, 0.4) is 0 Å². The van der Waals surface area contributed by atoms with Crippen LogP contribution in [-0.4, -0.2) is 55.0 Å². The summed E-state index contributed by atoms with van der Waals surface area (Å²) in [7, 11) is 0.202. The molecule has 186 valence electrons. The van der Waals surface area contributed by atoms with Crippen molar-refractivity contribution in [3.63, 3.8) is 0 Å². The molecule has 0 spiro atoms. The molecule has 0 N–H and O–H groups in total. The van der Waals surface area contributed by atoms with Gasteiger partial charge >= 0.3 is 36.7 Å². The molecule has 0 rings (SSSR count). The molecule has 31 heavy (non-hydrogen) atoms. The maximum atomic E-state index is 14.3. The highest BCUT2D eigenvalue weighted by atomic mass is 19.4. The van der Waals surface area contributed by atoms with Crippen LogP contribution in [0.2, 0.25) is 0 Å². The van der Waals surface area contributed by atoms with Crippen LogP contribution in [0.15, 0.2) is 0 Å². The number of methoxy groups -OCH3 is 1. The lowest BCUT2D eigenvalue weighted by atomic mass is 9.90. The van der Waals surface area contributed by atoms with E-state index in [0.29, 0.717) is 0 Å². The molecule has 0 radical (unpaired) electrons. The zero-order valence-corrected chi connectivity index (χ0v) is 16.0. The second-order valence-corrected chi connectivity index (χ2v) is 6.91. The van der Waals surface area contributed by atoms with Crippen molar-refractivity contribution in [2.45, 2.75) is 69.6 Å². The third-order valence-electron chi connectivity index (χ3n) is 4.31. The molecule has 0 fully saturated rings. The zero-order chi connectivity index (χ0) is 25.7. The van der Waals surface area contributed by atoms with Crippen LogP contribution in [0.1, 0.15) is 27.7 Å². The van der Waals surface area contributed by atoms with Crippen LogP contribution >= 0.6 is 0 Å². The number of esters is 1. The minimum Gasteiger partial charge on any atom is -0.467 e. The number of hydrogen-bond donors (Lipinski definition) is 0. The molecular weight excluding hydrogens is 479 g/mol. The topological polar surface area (TPSA) is 44.8 Å². The summed E-state index contributed by atoms with van der Waals surface area (Å²) >= 11 is 0. The van der Waals surface area contributed by atoms with Gasteiger partial charge in [-0.2, -0.15) is 57.1 Å². The molecule has 0 amide bonds. The first kappa shape index (κ1) is 29.5. The lowest BCUT2D eigenvalue weighted by Crippen LogP contribution is -2.68. The van der Waals surface area contributed by atoms with Gasteiger partial charge in [-0.1, -0.05) is 0 Å². The molecule has 0 aromatic heterocycles. The summed E-state index contributed by atoms with van der Waals surface area (Å²) in [6.45, 7) is -2.29. The van der Waals surface area contributed by atoms with Gasteiger partial charge in [0.2, 0.25) is 0 Å². The van der Waals surface area contributed by atoms with Crippen molar-refractivity contribution in [3.8, 4) is 0 Å². The smallest absolute Gasteiger partial charge is 0.428 e. The third kappa shape index (κ3) is 4.96. The fourth-order valence-electron chi connectivity index (χ4n) is 1.59. The Kier molecular flexibility index (Phi) is 7.43. The van der Waals surface area contributed by atoms with E-state index in [1.54, 1.807) is 0 Å². The average Bonchev–Trinajstić information content (AvgIpc) is 2.49. The van der Waals surface area contributed by atoms with E-state index in [4.69, 9.17) is 0 Å². The fraction of sp³-hybridized carbons (Fsp3) is 0.929. The van der Waals surface area contributed by atoms with Crippen LogP contribution in [0.25, 0.3) is 0 Å². The van der Waals surface area contributed by atoms with E-state index in [2.05, 4.69) is 14.2 Å². The quantitative estimate of drug-likeness (QED) is 0.341. The van der Waals surface area contributed by atoms with E-state index in [-0.39, 0.29) is 7.11 Å². The van der Waals surface area contributed by atoms with Gasteiger partial charge in [0.05, 0.1) is 7.11 Å². The second-order valence-electron chi connectivity index (χ2n) is 6.91. The van der Waals surface area contributed by atoms with Gasteiger partial charge in [-0.05, 0) is 27.7 Å². The summed E-state index contributed by atoms with van der Waals surface area (Å²) < 4.78 is 183. The summed E-state index contributed by atoms with van der Waals surface area (Å²) in [4.78, 5) is 11.3. The molecule has 0 saturated heterocycles. The van der Waals surface area contributed by atoms with Gasteiger partial charge in [0.25, 0.3) is 11.2 Å². The van der Waals surface area contributed by atoms with E-state index < -0.39 is 81.0 Å². The Morgan fingerprint density at radius 1 is 0.581 bits per heavy atom. The summed E-state index contributed by atoms with van der Waals surface area (Å²) in [6.07, 6.45) is -31.5. The normalized spacial score (nSPS) is 18.9. The molecule has 0 aliphatic carbocycles. The van der Waals surface area contributed by atoms with Crippen LogP contribution in [0, 0.1) is 5.41 Å². The number of rotatable bonds is 7. The first-order valence-electron chi connectivity index (χ1n) is 7.59. The highest BCUT2D eigenvalue weighted by Crippen LogP contribution is 2.56. The highest BCUT2D eigenvalue weighted by molar-refractivity contribution is 5.80. The maximum Gasteiger partial charge on any atom is 0.428 e. The largest absolute Gasteiger partial charge is 0.467 e. The van der Waals surface area contributed by atoms with Gasteiger partial charge in [-0.3, -0.25) is 9.47 Å². The number of ether oxygens (including phenoxy) is 3. The first-order chi connectivity index (χ1) is 13.1. The molecule has 0 heterocycles. The third-order valence-corrected chi connectivity index (χ3v) is 4.31. The Balaban J connectivity index is 6.69. The van der Waals surface area contributed by atoms with Crippen LogP contribution in [0.4, 0.5) is 57.1 Å². The summed E-state index contributed by atoms with van der Waals surface area (Å²) in [6, 6.07) is 0. The fourth-order valence-corrected chi connectivity index (χ4v) is 1.59. The Labute approximate surface area is 165 Å². The second kappa shape index (κ2) is 7.81. The molecule has 0 aliphatic heterocycles. The van der Waals surface area contributed by atoms with Gasteiger partial charge in [-0.15, -0.1) is 0 Å². The molecule has 0 aliphatic rings. The van der Waals surface area contributed by atoms with Crippen molar-refractivity contribution >= 4 is 5.97 Å². The van der Waals surface area contributed by atoms with E-state index in [0.717, 1.165) is 0 Å². The van der Waals surface area contributed by atoms with E-state index in [9.17, 15) is 61.9 Å².